The van der Waals surface area contributed by atoms with Gasteiger partial charge in [0, 0.05) is 0 Å². The maximum atomic E-state index is 11.1. The monoisotopic (exact) mass is 144 g/mol. The summed E-state index contributed by atoms with van der Waals surface area (Å²) in [5, 5.41) is 0. The lowest BCUT2D eigenvalue weighted by Gasteiger charge is -1.98. The maximum Gasteiger partial charge on any atom is 0.450 e. The summed E-state index contributed by atoms with van der Waals surface area (Å²) in [6.07, 6.45) is -4.71. The Morgan fingerprint density at radius 3 is 1.88 bits per heavy atom. The Balaban J connectivity index is 3.82. The number of carbonyl (C=O) groups is 1. The Bertz CT molecular complexity index is 97.2. The zero-order valence-corrected chi connectivity index (χ0v) is 4.59. The summed E-state index contributed by atoms with van der Waals surface area (Å²) in [4.78, 5) is 9.63. The molecule has 0 aromatic heterocycles. The van der Waals surface area contributed by atoms with Crippen LogP contribution in [-0.2, 0) is 4.79 Å². The zero-order chi connectivity index (χ0) is 6.78. The normalized spacial score (nSPS) is 11.5. The number of hydrogen-bond donors (Lipinski definition) is 1. The molecule has 0 aromatic carbocycles. The molecule has 0 spiro atoms. The number of Topliss-reactive ketones (excluding diaryl/α,β-unsaturated/α-hetero) is 1. The number of ketones is 1. The van der Waals surface area contributed by atoms with E-state index < -0.39 is 17.7 Å². The molecule has 0 unspecified atom stereocenters. The summed E-state index contributed by atoms with van der Waals surface area (Å²) in [6, 6.07) is 0. The quantitative estimate of drug-likeness (QED) is 0.544. The van der Waals surface area contributed by atoms with Crippen molar-refractivity contribution in [3.63, 3.8) is 0 Å². The van der Waals surface area contributed by atoms with E-state index in [-0.39, 0.29) is 0 Å². The number of carbonyl (C=O) groups excluding carboxylic acids is 1. The molecular formula is C3H3F3OS. The van der Waals surface area contributed by atoms with Crippen molar-refractivity contribution < 1.29 is 18.0 Å². The van der Waals surface area contributed by atoms with Gasteiger partial charge in [0.05, 0.1) is 5.75 Å². The summed E-state index contributed by atoms with van der Waals surface area (Å²) >= 11 is 3.14. The molecular weight excluding hydrogens is 141 g/mol. The van der Waals surface area contributed by atoms with Crippen LogP contribution in [0, 0.1) is 0 Å². The highest BCUT2D eigenvalue weighted by atomic mass is 32.1. The second-order valence-electron chi connectivity index (χ2n) is 1.08. The van der Waals surface area contributed by atoms with Crippen LogP contribution >= 0.6 is 12.6 Å². The van der Waals surface area contributed by atoms with Crippen LogP contribution in [0.2, 0.25) is 0 Å². The Labute approximate surface area is 49.3 Å². The van der Waals surface area contributed by atoms with Crippen molar-refractivity contribution in [2.45, 2.75) is 6.18 Å². The van der Waals surface area contributed by atoms with Gasteiger partial charge in [0.25, 0.3) is 0 Å². The fourth-order valence-electron chi connectivity index (χ4n) is 0.0896. The van der Waals surface area contributed by atoms with Crippen LogP contribution in [0.5, 0.6) is 0 Å². The first-order valence-corrected chi connectivity index (χ1v) is 2.32. The standard InChI is InChI=1S/C3H3F3OS/c4-3(5,6)2(7)1-8/h8H,1H2. The molecule has 0 amide bonds. The van der Waals surface area contributed by atoms with Gasteiger partial charge >= 0.3 is 6.18 Å². The van der Waals surface area contributed by atoms with Crippen LogP contribution in [-0.4, -0.2) is 17.7 Å². The van der Waals surface area contributed by atoms with Gasteiger partial charge in [0.1, 0.15) is 0 Å². The Kier molecular flexibility index (Phi) is 2.33. The average Bonchev–Trinajstić information content (AvgIpc) is 1.62. The molecule has 0 aromatic rings. The Morgan fingerprint density at radius 1 is 1.50 bits per heavy atom. The topological polar surface area (TPSA) is 17.1 Å². The Morgan fingerprint density at radius 2 is 1.88 bits per heavy atom. The average molecular weight is 144 g/mol. The minimum atomic E-state index is -4.71. The second kappa shape index (κ2) is 2.39. The van der Waals surface area contributed by atoms with E-state index in [0.29, 0.717) is 0 Å². The van der Waals surface area contributed by atoms with Crippen molar-refractivity contribution in [1.82, 2.24) is 0 Å². The van der Waals surface area contributed by atoms with Crippen molar-refractivity contribution in [1.29, 1.82) is 0 Å². The molecule has 0 fully saturated rings. The van der Waals surface area contributed by atoms with E-state index in [1.54, 1.807) is 0 Å². The van der Waals surface area contributed by atoms with Crippen LogP contribution in [0.25, 0.3) is 0 Å². The van der Waals surface area contributed by atoms with E-state index in [1.807, 2.05) is 0 Å². The highest BCUT2D eigenvalue weighted by molar-refractivity contribution is 7.81. The number of alkyl halides is 3. The highest BCUT2D eigenvalue weighted by Crippen LogP contribution is 2.15. The number of halogens is 3. The van der Waals surface area contributed by atoms with Gasteiger partial charge in [-0.2, -0.15) is 25.8 Å². The van der Waals surface area contributed by atoms with Crippen molar-refractivity contribution in [3.05, 3.63) is 0 Å². The van der Waals surface area contributed by atoms with Gasteiger partial charge in [-0.1, -0.05) is 0 Å². The number of rotatable bonds is 1. The minimum absolute atomic E-state index is 0.774. The van der Waals surface area contributed by atoms with Gasteiger partial charge in [0.15, 0.2) is 0 Å². The molecule has 1 nitrogen and oxygen atoms in total. The van der Waals surface area contributed by atoms with Crippen LogP contribution in [0.15, 0.2) is 0 Å². The molecule has 5 heteroatoms. The molecule has 0 aliphatic carbocycles. The summed E-state index contributed by atoms with van der Waals surface area (Å²) in [5.74, 6) is -2.58. The van der Waals surface area contributed by atoms with E-state index in [1.165, 1.54) is 0 Å². The molecule has 0 heterocycles. The molecule has 0 rings (SSSR count). The van der Waals surface area contributed by atoms with Gasteiger partial charge in [-0.15, -0.1) is 0 Å². The predicted molar refractivity (Wildman–Crippen MR) is 24.9 cm³/mol. The molecule has 0 atom stereocenters. The molecule has 0 saturated carbocycles. The first kappa shape index (κ1) is 7.81. The van der Waals surface area contributed by atoms with Gasteiger partial charge < -0.3 is 0 Å². The number of thiol groups is 1. The van der Waals surface area contributed by atoms with E-state index in [9.17, 15) is 18.0 Å². The fraction of sp³-hybridized carbons (Fsp3) is 0.667. The molecule has 0 N–H and O–H groups in total. The third-order valence-electron chi connectivity index (χ3n) is 0.460. The lowest BCUT2D eigenvalue weighted by Crippen LogP contribution is -2.23. The van der Waals surface area contributed by atoms with Crippen molar-refractivity contribution in [2.75, 3.05) is 5.75 Å². The molecule has 0 aliphatic heterocycles. The van der Waals surface area contributed by atoms with Crippen molar-refractivity contribution in [3.8, 4) is 0 Å². The van der Waals surface area contributed by atoms with Gasteiger partial charge in [-0.3, -0.25) is 4.79 Å². The molecule has 0 bridgehead atoms. The Hall–Kier alpha value is -0.190. The summed E-state index contributed by atoms with van der Waals surface area (Å²) in [6.45, 7) is 0. The second-order valence-corrected chi connectivity index (χ2v) is 1.40. The molecule has 48 valence electrons. The van der Waals surface area contributed by atoms with Crippen molar-refractivity contribution in [2.24, 2.45) is 0 Å². The van der Waals surface area contributed by atoms with Crippen LogP contribution in [0.4, 0.5) is 13.2 Å². The van der Waals surface area contributed by atoms with E-state index >= 15 is 0 Å². The predicted octanol–water partition coefficient (Wildman–Crippen LogP) is 1.05. The molecule has 0 saturated heterocycles. The fourth-order valence-corrected chi connectivity index (χ4v) is 0.269. The lowest BCUT2D eigenvalue weighted by atomic mass is 10.4. The summed E-state index contributed by atoms with van der Waals surface area (Å²) in [7, 11) is 0. The molecule has 0 aliphatic rings. The third-order valence-corrected chi connectivity index (χ3v) is 0.747. The SMILES string of the molecule is O=C(CS)C(F)(F)F. The van der Waals surface area contributed by atoms with Gasteiger partial charge in [0.2, 0.25) is 5.78 Å². The number of hydrogen-bond acceptors (Lipinski definition) is 2. The van der Waals surface area contributed by atoms with Crippen LogP contribution in [0.1, 0.15) is 0 Å². The highest BCUT2D eigenvalue weighted by Gasteiger charge is 2.36. The third kappa shape index (κ3) is 2.20. The summed E-state index contributed by atoms with van der Waals surface area (Å²) in [5.41, 5.74) is 0. The van der Waals surface area contributed by atoms with Crippen LogP contribution in [0.3, 0.4) is 0 Å². The zero-order valence-electron chi connectivity index (χ0n) is 3.70. The van der Waals surface area contributed by atoms with Crippen LogP contribution < -0.4 is 0 Å². The smallest absolute Gasteiger partial charge is 0.289 e. The van der Waals surface area contributed by atoms with E-state index in [4.69, 9.17) is 0 Å². The first-order chi connectivity index (χ1) is 3.48. The lowest BCUT2D eigenvalue weighted by molar-refractivity contribution is -0.167. The maximum absolute atomic E-state index is 11.1. The van der Waals surface area contributed by atoms with E-state index in [2.05, 4.69) is 12.6 Å². The first-order valence-electron chi connectivity index (χ1n) is 1.69. The summed E-state index contributed by atoms with van der Waals surface area (Å²) < 4.78 is 33.2. The van der Waals surface area contributed by atoms with Gasteiger partial charge in [-0.25, -0.2) is 0 Å². The largest absolute Gasteiger partial charge is 0.450 e. The molecule has 8 heavy (non-hydrogen) atoms. The van der Waals surface area contributed by atoms with Gasteiger partial charge in [-0.05, 0) is 0 Å². The molecule has 0 radical (unpaired) electrons. The minimum Gasteiger partial charge on any atom is -0.289 e. The van der Waals surface area contributed by atoms with Crippen molar-refractivity contribution >= 4 is 18.4 Å². The van der Waals surface area contributed by atoms with E-state index in [0.717, 1.165) is 0 Å².